The van der Waals surface area contributed by atoms with Crippen molar-refractivity contribution in [3.63, 3.8) is 0 Å². The average molecular weight is 444 g/mol. The van der Waals surface area contributed by atoms with Crippen molar-refractivity contribution in [1.29, 1.82) is 0 Å². The van der Waals surface area contributed by atoms with Crippen molar-refractivity contribution >= 4 is 40.1 Å². The lowest BCUT2D eigenvalue weighted by Gasteiger charge is -2.15. The second-order valence-electron chi connectivity index (χ2n) is 6.16. The summed E-state index contributed by atoms with van der Waals surface area (Å²) < 4.78 is 15.5. The largest absolute Gasteiger partial charge is 0.464 e. The van der Waals surface area contributed by atoms with E-state index in [9.17, 15) is 14.4 Å². The molecule has 3 aromatic rings. The fourth-order valence-corrected chi connectivity index (χ4v) is 3.53. The number of aromatic nitrogens is 2. The molecule has 0 fully saturated rings. The minimum absolute atomic E-state index is 0.132. The van der Waals surface area contributed by atoms with E-state index in [0.717, 1.165) is 11.3 Å². The van der Waals surface area contributed by atoms with Crippen LogP contribution in [0.1, 0.15) is 17.3 Å². The number of nitrogens with zero attached hydrogens (tertiary/aromatic N) is 3. The van der Waals surface area contributed by atoms with Gasteiger partial charge in [-0.1, -0.05) is 0 Å². The van der Waals surface area contributed by atoms with Crippen LogP contribution >= 0.6 is 11.3 Å². The van der Waals surface area contributed by atoms with Crippen LogP contribution in [-0.4, -0.2) is 54.6 Å². The van der Waals surface area contributed by atoms with Gasteiger partial charge in [0.1, 0.15) is 22.9 Å². The molecule has 162 valence electrons. The number of nitrogens with one attached hydrogen (secondary N) is 1. The van der Waals surface area contributed by atoms with Gasteiger partial charge in [0.25, 0.3) is 5.91 Å². The molecule has 0 saturated carbocycles. The number of amides is 1. The van der Waals surface area contributed by atoms with E-state index in [2.05, 4.69) is 15.3 Å². The van der Waals surface area contributed by atoms with Gasteiger partial charge < -0.3 is 24.1 Å². The summed E-state index contributed by atoms with van der Waals surface area (Å²) in [6, 6.07) is 5.05. The Labute approximate surface area is 181 Å². The highest BCUT2D eigenvalue weighted by Gasteiger charge is 2.24. The number of hydrogen-bond acceptors (Lipinski definition) is 10. The van der Waals surface area contributed by atoms with E-state index in [1.165, 1.54) is 11.2 Å². The van der Waals surface area contributed by atoms with Gasteiger partial charge in [-0.25, -0.2) is 14.8 Å². The van der Waals surface area contributed by atoms with Gasteiger partial charge in [-0.05, 0) is 25.1 Å². The first kappa shape index (κ1) is 22.0. The molecule has 0 radical (unpaired) electrons. The molecule has 3 rings (SSSR count). The summed E-state index contributed by atoms with van der Waals surface area (Å²) in [5.74, 6) is -0.986. The normalized spacial score (nSPS) is 10.4. The molecule has 0 aliphatic carbocycles. The molecule has 1 amide bonds. The Kier molecular flexibility index (Phi) is 7.33. The van der Waals surface area contributed by atoms with E-state index in [-0.39, 0.29) is 23.7 Å². The third-order valence-electron chi connectivity index (χ3n) is 3.93. The third kappa shape index (κ3) is 5.66. The second kappa shape index (κ2) is 10.3. The number of ether oxygens (including phenoxy) is 2. The topological polar surface area (TPSA) is 124 Å². The molecular weight excluding hydrogens is 424 g/mol. The SMILES string of the molecule is CCOC(=O)c1c(-c2ccco2)csc1NC(=O)COC(=O)CN(C)c1ncccn1. The number of rotatable bonds is 9. The van der Waals surface area contributed by atoms with Crippen molar-refractivity contribution in [1.82, 2.24) is 9.97 Å². The number of thiophene rings is 1. The summed E-state index contributed by atoms with van der Waals surface area (Å²) in [6.45, 7) is 1.22. The van der Waals surface area contributed by atoms with E-state index in [0.29, 0.717) is 17.3 Å². The number of furan rings is 1. The van der Waals surface area contributed by atoms with Crippen molar-refractivity contribution in [3.8, 4) is 11.3 Å². The van der Waals surface area contributed by atoms with Gasteiger partial charge in [-0.15, -0.1) is 11.3 Å². The molecule has 10 nitrogen and oxygen atoms in total. The van der Waals surface area contributed by atoms with Crippen LogP contribution in [0.15, 0.2) is 46.7 Å². The summed E-state index contributed by atoms with van der Waals surface area (Å²) in [5, 5.41) is 4.55. The summed E-state index contributed by atoms with van der Waals surface area (Å²) >= 11 is 1.14. The zero-order valence-electron chi connectivity index (χ0n) is 16.9. The maximum Gasteiger partial charge on any atom is 0.341 e. The molecule has 0 aliphatic rings. The van der Waals surface area contributed by atoms with Crippen LogP contribution < -0.4 is 10.2 Å². The lowest BCUT2D eigenvalue weighted by molar-refractivity contribution is -0.145. The van der Waals surface area contributed by atoms with E-state index in [1.807, 2.05) is 0 Å². The van der Waals surface area contributed by atoms with Gasteiger partial charge in [0.15, 0.2) is 6.61 Å². The second-order valence-corrected chi connectivity index (χ2v) is 7.04. The van der Waals surface area contributed by atoms with Gasteiger partial charge in [0.2, 0.25) is 5.95 Å². The van der Waals surface area contributed by atoms with E-state index in [1.54, 1.807) is 49.9 Å². The molecular formula is C20H20N4O6S. The average Bonchev–Trinajstić information content (AvgIpc) is 3.43. The van der Waals surface area contributed by atoms with Gasteiger partial charge in [0.05, 0.1) is 12.9 Å². The molecule has 11 heteroatoms. The van der Waals surface area contributed by atoms with Crippen LogP contribution in [-0.2, 0) is 19.1 Å². The van der Waals surface area contributed by atoms with Gasteiger partial charge in [-0.3, -0.25) is 9.59 Å². The Hall–Kier alpha value is -3.73. The number of carbonyl (C=O) groups excluding carboxylic acids is 3. The molecule has 1 N–H and O–H groups in total. The summed E-state index contributed by atoms with van der Waals surface area (Å²) in [4.78, 5) is 46.3. The highest BCUT2D eigenvalue weighted by molar-refractivity contribution is 7.15. The van der Waals surface area contributed by atoms with E-state index < -0.39 is 24.5 Å². The summed E-state index contributed by atoms with van der Waals surface area (Å²) in [7, 11) is 1.63. The molecule has 0 saturated heterocycles. The van der Waals surface area contributed by atoms with Crippen molar-refractivity contribution in [2.45, 2.75) is 6.92 Å². The molecule has 0 spiro atoms. The van der Waals surface area contributed by atoms with Crippen LogP contribution in [0.3, 0.4) is 0 Å². The van der Waals surface area contributed by atoms with E-state index in [4.69, 9.17) is 13.9 Å². The highest BCUT2D eigenvalue weighted by atomic mass is 32.1. The Balaban J connectivity index is 1.61. The first-order valence-corrected chi connectivity index (χ1v) is 10.1. The van der Waals surface area contributed by atoms with Crippen LogP contribution in [0.2, 0.25) is 0 Å². The van der Waals surface area contributed by atoms with Gasteiger partial charge in [-0.2, -0.15) is 0 Å². The maximum atomic E-state index is 12.4. The van der Waals surface area contributed by atoms with E-state index >= 15 is 0 Å². The fraction of sp³-hybridized carbons (Fsp3) is 0.250. The van der Waals surface area contributed by atoms with Gasteiger partial charge >= 0.3 is 11.9 Å². The van der Waals surface area contributed by atoms with Crippen LogP contribution in [0.25, 0.3) is 11.3 Å². The Morgan fingerprint density at radius 3 is 2.65 bits per heavy atom. The zero-order valence-corrected chi connectivity index (χ0v) is 17.7. The Bertz CT molecular complexity index is 1040. The summed E-state index contributed by atoms with van der Waals surface area (Å²) in [5.41, 5.74) is 0.688. The number of anilines is 2. The minimum atomic E-state index is -0.627. The van der Waals surface area contributed by atoms with Crippen LogP contribution in [0.5, 0.6) is 0 Å². The highest BCUT2D eigenvalue weighted by Crippen LogP contribution is 2.36. The quantitative estimate of drug-likeness (QED) is 0.496. The maximum absolute atomic E-state index is 12.4. The smallest absolute Gasteiger partial charge is 0.341 e. The number of esters is 2. The zero-order chi connectivity index (χ0) is 22.2. The Morgan fingerprint density at radius 1 is 1.19 bits per heavy atom. The Morgan fingerprint density at radius 2 is 1.97 bits per heavy atom. The van der Waals surface area contributed by atoms with Crippen molar-refractivity contribution in [3.05, 3.63) is 47.8 Å². The van der Waals surface area contributed by atoms with Crippen LogP contribution in [0, 0.1) is 0 Å². The molecule has 0 bridgehead atoms. The molecule has 0 aromatic carbocycles. The van der Waals surface area contributed by atoms with Crippen molar-refractivity contribution in [2.75, 3.05) is 37.0 Å². The molecule has 0 atom stereocenters. The number of hydrogen-bond donors (Lipinski definition) is 1. The molecule has 3 aromatic heterocycles. The predicted octanol–water partition coefficient (Wildman–Crippen LogP) is 2.59. The predicted molar refractivity (Wildman–Crippen MR) is 113 cm³/mol. The molecule has 31 heavy (non-hydrogen) atoms. The lowest BCUT2D eigenvalue weighted by Crippen LogP contribution is -2.30. The van der Waals surface area contributed by atoms with Crippen LogP contribution in [0.4, 0.5) is 10.9 Å². The fourth-order valence-electron chi connectivity index (χ4n) is 2.58. The number of carbonyl (C=O) groups is 3. The summed E-state index contributed by atoms with van der Waals surface area (Å²) in [6.07, 6.45) is 4.59. The van der Waals surface area contributed by atoms with Crippen molar-refractivity contribution < 1.29 is 28.3 Å². The first-order valence-electron chi connectivity index (χ1n) is 9.25. The lowest BCUT2D eigenvalue weighted by atomic mass is 10.1. The standard InChI is InChI=1S/C20H20N4O6S/c1-3-28-19(27)17-13(14-6-4-9-29-14)12-31-18(17)23-15(25)11-30-16(26)10-24(2)20-21-7-5-8-22-20/h4-9,12H,3,10-11H2,1-2H3,(H,23,25). The minimum Gasteiger partial charge on any atom is -0.464 e. The molecule has 0 aliphatic heterocycles. The molecule has 0 unspecified atom stereocenters. The first-order chi connectivity index (χ1) is 15.0. The van der Waals surface area contributed by atoms with Crippen molar-refractivity contribution in [2.24, 2.45) is 0 Å². The molecule has 3 heterocycles. The monoisotopic (exact) mass is 444 g/mol. The number of likely N-dealkylation sites (N-methyl/N-ethyl adjacent to an activating group) is 1. The third-order valence-corrected chi connectivity index (χ3v) is 4.83. The van der Waals surface area contributed by atoms with Gasteiger partial charge in [0, 0.05) is 30.4 Å².